The molecule has 0 radical (unpaired) electrons. The molecule has 8 nitrogen and oxygen atoms in total. The van der Waals surface area contributed by atoms with Crippen molar-refractivity contribution in [1.29, 1.82) is 0 Å². The van der Waals surface area contributed by atoms with Crippen molar-refractivity contribution in [2.45, 2.75) is 11.8 Å². The summed E-state index contributed by atoms with van der Waals surface area (Å²) in [5, 5.41) is 6.68. The van der Waals surface area contributed by atoms with E-state index < -0.39 is 10.0 Å². The Morgan fingerprint density at radius 2 is 2.13 bits per heavy atom. The fourth-order valence-corrected chi connectivity index (χ4v) is 3.03. The molecule has 1 aromatic carbocycles. The minimum atomic E-state index is -3.65. The highest BCUT2D eigenvalue weighted by Crippen LogP contribution is 2.17. The standard InChI is InChI=1S/C14H19N5O3S/c1-10-13(9-16-19(10)2)14(20)18-11-4-3-5-12(8-11)23(21,22)17-7-6-15/h3-5,8-9,17H,6-7,15H2,1-2H3,(H,18,20). The summed E-state index contributed by atoms with van der Waals surface area (Å²) in [7, 11) is -1.91. The van der Waals surface area contributed by atoms with Crippen molar-refractivity contribution in [2.75, 3.05) is 18.4 Å². The normalized spacial score (nSPS) is 11.4. The van der Waals surface area contributed by atoms with Crippen LogP contribution in [0.1, 0.15) is 16.1 Å². The van der Waals surface area contributed by atoms with E-state index in [0.29, 0.717) is 11.3 Å². The van der Waals surface area contributed by atoms with Crippen LogP contribution in [0, 0.1) is 6.92 Å². The van der Waals surface area contributed by atoms with E-state index >= 15 is 0 Å². The predicted octanol–water partition coefficient (Wildman–Crippen LogP) is 0.218. The lowest BCUT2D eigenvalue weighted by Crippen LogP contribution is -2.29. The summed E-state index contributed by atoms with van der Waals surface area (Å²) in [5.74, 6) is -0.347. The molecule has 0 spiro atoms. The average molecular weight is 337 g/mol. The summed E-state index contributed by atoms with van der Waals surface area (Å²) in [6.07, 6.45) is 1.47. The molecule has 9 heteroatoms. The summed E-state index contributed by atoms with van der Waals surface area (Å²) < 4.78 is 28.1. The molecule has 1 heterocycles. The van der Waals surface area contributed by atoms with E-state index in [9.17, 15) is 13.2 Å². The van der Waals surface area contributed by atoms with Gasteiger partial charge in [0.05, 0.1) is 16.7 Å². The number of aromatic nitrogens is 2. The number of hydrogen-bond acceptors (Lipinski definition) is 5. The van der Waals surface area contributed by atoms with Gasteiger partial charge in [-0.1, -0.05) is 6.07 Å². The molecular formula is C14H19N5O3S. The fourth-order valence-electron chi connectivity index (χ4n) is 1.94. The molecule has 1 amide bonds. The van der Waals surface area contributed by atoms with Crippen LogP contribution in [-0.4, -0.2) is 37.2 Å². The maximum Gasteiger partial charge on any atom is 0.259 e. The number of carbonyl (C=O) groups excluding carboxylic acids is 1. The molecule has 0 aliphatic heterocycles. The van der Waals surface area contributed by atoms with E-state index in [1.165, 1.54) is 18.3 Å². The number of nitrogens with one attached hydrogen (secondary N) is 2. The lowest BCUT2D eigenvalue weighted by Gasteiger charge is -2.09. The highest BCUT2D eigenvalue weighted by Gasteiger charge is 2.16. The number of amides is 1. The molecule has 0 saturated heterocycles. The monoisotopic (exact) mass is 337 g/mol. The van der Waals surface area contributed by atoms with Crippen LogP contribution in [-0.2, 0) is 17.1 Å². The predicted molar refractivity (Wildman–Crippen MR) is 86.6 cm³/mol. The van der Waals surface area contributed by atoms with Gasteiger partial charge in [-0.2, -0.15) is 5.10 Å². The number of hydrogen-bond donors (Lipinski definition) is 3. The van der Waals surface area contributed by atoms with Gasteiger partial charge < -0.3 is 11.1 Å². The highest BCUT2D eigenvalue weighted by atomic mass is 32.2. The summed E-state index contributed by atoms with van der Waals surface area (Å²) in [6.45, 7) is 2.13. The van der Waals surface area contributed by atoms with E-state index in [1.54, 1.807) is 30.8 Å². The lowest BCUT2D eigenvalue weighted by molar-refractivity contribution is 0.102. The minimum Gasteiger partial charge on any atom is -0.329 e. The largest absolute Gasteiger partial charge is 0.329 e. The topological polar surface area (TPSA) is 119 Å². The summed E-state index contributed by atoms with van der Waals surface area (Å²) in [4.78, 5) is 12.3. The van der Waals surface area contributed by atoms with Crippen LogP contribution in [0.15, 0.2) is 35.4 Å². The first kappa shape index (κ1) is 17.1. The molecule has 4 N–H and O–H groups in total. The minimum absolute atomic E-state index is 0.0617. The summed E-state index contributed by atoms with van der Waals surface area (Å²) in [6, 6.07) is 6.01. The molecule has 0 aliphatic rings. The second-order valence-corrected chi connectivity index (χ2v) is 6.70. The molecule has 124 valence electrons. The van der Waals surface area contributed by atoms with Crippen LogP contribution in [0.4, 0.5) is 5.69 Å². The van der Waals surface area contributed by atoms with Gasteiger partial charge in [-0.3, -0.25) is 9.48 Å². The van der Waals surface area contributed by atoms with Gasteiger partial charge in [-0.25, -0.2) is 13.1 Å². The van der Waals surface area contributed by atoms with E-state index in [2.05, 4.69) is 15.1 Å². The van der Waals surface area contributed by atoms with Gasteiger partial charge in [0.15, 0.2) is 0 Å². The maximum atomic E-state index is 12.2. The number of nitrogens with two attached hydrogens (primary N) is 1. The number of rotatable bonds is 6. The van der Waals surface area contributed by atoms with Gasteiger partial charge in [0, 0.05) is 31.5 Å². The molecule has 2 rings (SSSR count). The smallest absolute Gasteiger partial charge is 0.259 e. The van der Waals surface area contributed by atoms with Crippen LogP contribution >= 0.6 is 0 Å². The zero-order valence-corrected chi connectivity index (χ0v) is 13.7. The van der Waals surface area contributed by atoms with E-state index in [0.717, 1.165) is 5.69 Å². The van der Waals surface area contributed by atoms with E-state index in [1.807, 2.05) is 0 Å². The third kappa shape index (κ3) is 3.95. The van der Waals surface area contributed by atoms with Crippen molar-refractivity contribution in [3.8, 4) is 0 Å². The van der Waals surface area contributed by atoms with Crippen molar-refractivity contribution in [3.63, 3.8) is 0 Å². The van der Waals surface area contributed by atoms with Crippen molar-refractivity contribution >= 4 is 21.6 Å². The molecule has 0 atom stereocenters. The van der Waals surface area contributed by atoms with Gasteiger partial charge in [-0.15, -0.1) is 0 Å². The van der Waals surface area contributed by atoms with Crippen molar-refractivity contribution in [1.82, 2.24) is 14.5 Å². The summed E-state index contributed by atoms with van der Waals surface area (Å²) >= 11 is 0. The molecular weight excluding hydrogens is 318 g/mol. The Balaban J connectivity index is 2.20. The van der Waals surface area contributed by atoms with Gasteiger partial charge in [0.25, 0.3) is 5.91 Å². The van der Waals surface area contributed by atoms with Crippen LogP contribution in [0.2, 0.25) is 0 Å². The van der Waals surface area contributed by atoms with Crippen LogP contribution in [0.5, 0.6) is 0 Å². The molecule has 23 heavy (non-hydrogen) atoms. The highest BCUT2D eigenvalue weighted by molar-refractivity contribution is 7.89. The molecule has 1 aromatic heterocycles. The van der Waals surface area contributed by atoms with Gasteiger partial charge in [-0.05, 0) is 25.1 Å². The number of anilines is 1. The summed E-state index contributed by atoms with van der Waals surface area (Å²) in [5.41, 5.74) is 6.83. The Kier molecular flexibility index (Phi) is 5.14. The Bertz CT molecular complexity index is 814. The van der Waals surface area contributed by atoms with Crippen LogP contribution in [0.3, 0.4) is 0 Å². The third-order valence-electron chi connectivity index (χ3n) is 3.32. The molecule has 0 saturated carbocycles. The number of nitrogens with zero attached hydrogens (tertiary/aromatic N) is 2. The lowest BCUT2D eigenvalue weighted by atomic mass is 10.2. The van der Waals surface area contributed by atoms with E-state index in [-0.39, 0.29) is 23.9 Å². The quantitative estimate of drug-likeness (QED) is 0.696. The Hall–Kier alpha value is -2.23. The molecule has 0 unspecified atom stereocenters. The van der Waals surface area contributed by atoms with Crippen LogP contribution < -0.4 is 15.8 Å². The average Bonchev–Trinajstić information content (AvgIpc) is 2.85. The molecule has 0 bridgehead atoms. The first-order valence-corrected chi connectivity index (χ1v) is 8.43. The Labute approximate surface area is 134 Å². The zero-order chi connectivity index (χ0) is 17.0. The number of carbonyl (C=O) groups is 1. The van der Waals surface area contributed by atoms with Gasteiger partial charge in [0.1, 0.15) is 0 Å². The van der Waals surface area contributed by atoms with Crippen molar-refractivity contribution in [3.05, 3.63) is 41.7 Å². The molecule has 2 aromatic rings. The number of sulfonamides is 1. The first-order valence-electron chi connectivity index (χ1n) is 6.95. The fraction of sp³-hybridized carbons (Fsp3) is 0.286. The number of benzene rings is 1. The Morgan fingerprint density at radius 1 is 1.39 bits per heavy atom. The number of aryl methyl sites for hydroxylation is 1. The molecule has 0 aliphatic carbocycles. The second-order valence-electron chi connectivity index (χ2n) is 4.94. The van der Waals surface area contributed by atoms with E-state index in [4.69, 9.17) is 5.73 Å². The second kappa shape index (κ2) is 6.90. The molecule has 0 fully saturated rings. The van der Waals surface area contributed by atoms with Crippen molar-refractivity contribution in [2.24, 2.45) is 12.8 Å². The maximum absolute atomic E-state index is 12.2. The Morgan fingerprint density at radius 3 is 2.74 bits per heavy atom. The third-order valence-corrected chi connectivity index (χ3v) is 4.78. The first-order chi connectivity index (χ1) is 10.8. The SMILES string of the molecule is Cc1c(C(=O)Nc2cccc(S(=O)(=O)NCCN)c2)cnn1C. The van der Waals surface area contributed by atoms with Crippen LogP contribution in [0.25, 0.3) is 0 Å². The van der Waals surface area contributed by atoms with Gasteiger partial charge in [0.2, 0.25) is 10.0 Å². The van der Waals surface area contributed by atoms with Crippen molar-refractivity contribution < 1.29 is 13.2 Å². The zero-order valence-electron chi connectivity index (χ0n) is 12.9. The van der Waals surface area contributed by atoms with Gasteiger partial charge >= 0.3 is 0 Å².